The minimum Gasteiger partial charge on any atom is -0.486 e. The molecule has 40 heavy (non-hydrogen) atoms. The number of nitrogens with one attached hydrogen (secondary N) is 1. The van der Waals surface area contributed by atoms with E-state index in [0.717, 1.165) is 18.4 Å². The molecule has 0 unspecified atom stereocenters. The van der Waals surface area contributed by atoms with Crippen molar-refractivity contribution in [3.8, 4) is 11.5 Å². The first kappa shape index (κ1) is 25.9. The molecule has 206 valence electrons. The van der Waals surface area contributed by atoms with E-state index in [9.17, 15) is 18.8 Å². The van der Waals surface area contributed by atoms with Crippen LogP contribution in [0.3, 0.4) is 0 Å². The standard InChI is InChI=1S/C31H30FN3O5/c32-22-12-10-20(11-13-22)14-15-33-29(36)21-5-4-16-34(17-21)25-7-3-6-24-28(25)31(38)35(30(24)37)18-23-19-39-26-8-1-2-9-27(26)40-23/h1-3,6-13,21,23H,4-5,14-19H2,(H,33,36)/t21-,23+/m1/s1. The monoisotopic (exact) mass is 543 g/mol. The number of piperidine rings is 1. The van der Waals surface area contributed by atoms with Gasteiger partial charge in [-0.1, -0.05) is 30.3 Å². The van der Waals surface area contributed by atoms with Gasteiger partial charge in [-0.25, -0.2) is 4.39 Å². The van der Waals surface area contributed by atoms with Crippen molar-refractivity contribution in [2.24, 2.45) is 5.92 Å². The van der Waals surface area contributed by atoms with Crippen LogP contribution >= 0.6 is 0 Å². The van der Waals surface area contributed by atoms with Gasteiger partial charge in [0.25, 0.3) is 11.8 Å². The first-order valence-corrected chi connectivity index (χ1v) is 13.6. The molecule has 0 aliphatic carbocycles. The van der Waals surface area contributed by atoms with E-state index in [0.29, 0.717) is 54.4 Å². The average Bonchev–Trinajstić information content (AvgIpc) is 3.23. The van der Waals surface area contributed by atoms with Crippen molar-refractivity contribution in [1.82, 2.24) is 10.2 Å². The summed E-state index contributed by atoms with van der Waals surface area (Å²) in [7, 11) is 0. The van der Waals surface area contributed by atoms with Gasteiger partial charge in [0, 0.05) is 19.6 Å². The largest absolute Gasteiger partial charge is 0.486 e. The lowest BCUT2D eigenvalue weighted by atomic mass is 9.95. The zero-order valence-electron chi connectivity index (χ0n) is 22.0. The van der Waals surface area contributed by atoms with E-state index in [4.69, 9.17) is 9.47 Å². The Labute approximate surface area is 231 Å². The smallest absolute Gasteiger partial charge is 0.263 e. The van der Waals surface area contributed by atoms with Crippen LogP contribution in [0.15, 0.2) is 66.7 Å². The fourth-order valence-electron chi connectivity index (χ4n) is 5.64. The molecule has 2 atom stereocenters. The third-order valence-electron chi connectivity index (χ3n) is 7.69. The summed E-state index contributed by atoms with van der Waals surface area (Å²) in [6.45, 7) is 1.92. The molecule has 9 heteroatoms. The van der Waals surface area contributed by atoms with E-state index < -0.39 is 6.10 Å². The van der Waals surface area contributed by atoms with Crippen LogP contribution in [-0.4, -0.2) is 61.5 Å². The summed E-state index contributed by atoms with van der Waals surface area (Å²) in [5.74, 6) is -0.0470. The van der Waals surface area contributed by atoms with E-state index in [1.54, 1.807) is 30.3 Å². The summed E-state index contributed by atoms with van der Waals surface area (Å²) in [4.78, 5) is 43.1. The van der Waals surface area contributed by atoms with Crippen LogP contribution in [0.5, 0.6) is 11.5 Å². The maximum absolute atomic E-state index is 13.6. The second kappa shape index (κ2) is 11.0. The normalized spacial score (nSPS) is 19.9. The Morgan fingerprint density at radius 3 is 2.60 bits per heavy atom. The molecule has 3 aromatic carbocycles. The quantitative estimate of drug-likeness (QED) is 0.456. The van der Waals surface area contributed by atoms with Crippen molar-refractivity contribution >= 4 is 23.4 Å². The number of halogens is 1. The molecule has 8 nitrogen and oxygen atoms in total. The molecule has 1 saturated heterocycles. The minimum atomic E-state index is -0.474. The molecule has 6 rings (SSSR count). The average molecular weight is 544 g/mol. The Bertz CT molecular complexity index is 1440. The zero-order valence-corrected chi connectivity index (χ0v) is 22.0. The lowest BCUT2D eigenvalue weighted by Gasteiger charge is -2.34. The van der Waals surface area contributed by atoms with E-state index in [1.807, 2.05) is 29.2 Å². The van der Waals surface area contributed by atoms with Crippen LogP contribution in [0.4, 0.5) is 10.1 Å². The first-order chi connectivity index (χ1) is 19.5. The number of fused-ring (bicyclic) bond motifs is 2. The molecule has 3 aliphatic rings. The Kier molecular flexibility index (Phi) is 7.11. The molecule has 1 N–H and O–H groups in total. The molecule has 0 spiro atoms. The predicted molar refractivity (Wildman–Crippen MR) is 146 cm³/mol. The third kappa shape index (κ3) is 5.11. The van der Waals surface area contributed by atoms with Gasteiger partial charge in [-0.05, 0) is 61.2 Å². The molecule has 1 fully saturated rings. The van der Waals surface area contributed by atoms with Crippen LogP contribution in [0.25, 0.3) is 0 Å². The molecule has 3 aromatic rings. The SMILES string of the molecule is O=C(NCCc1ccc(F)cc1)[C@@H]1CCCN(c2cccc3c2C(=O)N(C[C@H]2COc4ccccc4O2)C3=O)C1. The van der Waals surface area contributed by atoms with E-state index >= 15 is 0 Å². The van der Waals surface area contributed by atoms with Crippen molar-refractivity contribution in [2.75, 3.05) is 37.7 Å². The number of nitrogens with zero attached hydrogens (tertiary/aromatic N) is 2. The number of carbonyl (C=O) groups excluding carboxylic acids is 3. The Morgan fingerprint density at radius 2 is 1.77 bits per heavy atom. The maximum atomic E-state index is 13.6. The van der Waals surface area contributed by atoms with Crippen LogP contribution in [0.2, 0.25) is 0 Å². The number of ether oxygens (including phenoxy) is 2. The number of rotatable bonds is 7. The molecule has 3 heterocycles. The summed E-state index contributed by atoms with van der Waals surface area (Å²) in [5, 5.41) is 3.00. The van der Waals surface area contributed by atoms with E-state index in [2.05, 4.69) is 5.32 Å². The summed E-state index contributed by atoms with van der Waals surface area (Å²) < 4.78 is 24.9. The molecule has 0 radical (unpaired) electrons. The van der Waals surface area contributed by atoms with Crippen LogP contribution in [0.1, 0.15) is 39.1 Å². The Hall–Kier alpha value is -4.40. The second-order valence-electron chi connectivity index (χ2n) is 10.4. The van der Waals surface area contributed by atoms with Gasteiger partial charge < -0.3 is 19.7 Å². The summed E-state index contributed by atoms with van der Waals surface area (Å²) in [6, 6.07) is 18.9. The van der Waals surface area contributed by atoms with Gasteiger partial charge in [0.05, 0.1) is 29.3 Å². The highest BCUT2D eigenvalue weighted by atomic mass is 19.1. The van der Waals surface area contributed by atoms with Gasteiger partial charge in [-0.2, -0.15) is 0 Å². The van der Waals surface area contributed by atoms with Crippen molar-refractivity contribution in [3.05, 3.63) is 89.2 Å². The van der Waals surface area contributed by atoms with Crippen LogP contribution < -0.4 is 19.7 Å². The van der Waals surface area contributed by atoms with Crippen molar-refractivity contribution < 1.29 is 28.2 Å². The fourth-order valence-corrected chi connectivity index (χ4v) is 5.64. The third-order valence-corrected chi connectivity index (χ3v) is 7.69. The van der Waals surface area contributed by atoms with Gasteiger partial charge in [-0.15, -0.1) is 0 Å². The maximum Gasteiger partial charge on any atom is 0.263 e. The number of hydrogen-bond acceptors (Lipinski definition) is 6. The molecule has 3 amide bonds. The fraction of sp³-hybridized carbons (Fsp3) is 0.323. The lowest BCUT2D eigenvalue weighted by molar-refractivity contribution is -0.125. The highest BCUT2D eigenvalue weighted by molar-refractivity contribution is 6.23. The molecule has 0 aromatic heterocycles. The van der Waals surface area contributed by atoms with E-state index in [-0.39, 0.29) is 42.6 Å². The molecular weight excluding hydrogens is 513 g/mol. The van der Waals surface area contributed by atoms with Gasteiger partial charge >= 0.3 is 0 Å². The Morgan fingerprint density at radius 1 is 0.975 bits per heavy atom. The lowest BCUT2D eigenvalue weighted by Crippen LogP contribution is -2.44. The number of carbonyl (C=O) groups is 3. The van der Waals surface area contributed by atoms with Crippen LogP contribution in [0, 0.1) is 11.7 Å². The summed E-state index contributed by atoms with van der Waals surface area (Å²) >= 11 is 0. The van der Waals surface area contributed by atoms with Crippen molar-refractivity contribution in [3.63, 3.8) is 0 Å². The van der Waals surface area contributed by atoms with Gasteiger partial charge in [0.15, 0.2) is 17.6 Å². The highest BCUT2D eigenvalue weighted by Crippen LogP contribution is 2.36. The van der Waals surface area contributed by atoms with Gasteiger partial charge in [0.1, 0.15) is 12.4 Å². The topological polar surface area (TPSA) is 88.2 Å². The molecular formula is C31H30FN3O5. The Balaban J connectivity index is 1.11. The highest BCUT2D eigenvalue weighted by Gasteiger charge is 2.41. The minimum absolute atomic E-state index is 0.0434. The van der Waals surface area contributed by atoms with E-state index in [1.165, 1.54) is 17.0 Å². The predicted octanol–water partition coefficient (Wildman–Crippen LogP) is 3.84. The number of anilines is 1. The molecule has 3 aliphatic heterocycles. The number of benzene rings is 3. The van der Waals surface area contributed by atoms with Crippen LogP contribution in [-0.2, 0) is 11.2 Å². The number of hydrogen-bond donors (Lipinski definition) is 1. The molecule has 0 bridgehead atoms. The number of imide groups is 1. The van der Waals surface area contributed by atoms with Crippen molar-refractivity contribution in [2.45, 2.75) is 25.4 Å². The number of para-hydroxylation sites is 2. The second-order valence-corrected chi connectivity index (χ2v) is 10.4. The summed E-state index contributed by atoms with van der Waals surface area (Å²) in [5.41, 5.74) is 2.37. The van der Waals surface area contributed by atoms with Crippen molar-refractivity contribution in [1.29, 1.82) is 0 Å². The van der Waals surface area contributed by atoms with Gasteiger partial charge in [0.2, 0.25) is 5.91 Å². The zero-order chi connectivity index (χ0) is 27.6. The number of amides is 3. The molecule has 0 saturated carbocycles. The van der Waals surface area contributed by atoms with Gasteiger partial charge in [-0.3, -0.25) is 19.3 Å². The first-order valence-electron chi connectivity index (χ1n) is 13.6. The summed E-state index contributed by atoms with van der Waals surface area (Å²) in [6.07, 6.45) is 1.67.